The normalized spacial score (nSPS) is 16.9. The van der Waals surface area contributed by atoms with Gasteiger partial charge in [-0.1, -0.05) is 12.1 Å². The maximum Gasteiger partial charge on any atom is 0.262 e. The lowest BCUT2D eigenvalue weighted by atomic mass is 9.93. The number of hydrogen-bond acceptors (Lipinski definition) is 6. The number of hydrogen-bond donors (Lipinski definition) is 1. The molecule has 0 spiro atoms. The van der Waals surface area contributed by atoms with Crippen molar-refractivity contribution in [3.05, 3.63) is 78.6 Å². The lowest BCUT2D eigenvalue weighted by molar-refractivity contribution is 0.445. The Hall–Kier alpha value is -2.49. The van der Waals surface area contributed by atoms with Gasteiger partial charge in [-0.25, -0.2) is 18.7 Å². The van der Waals surface area contributed by atoms with Crippen LogP contribution in [0.25, 0.3) is 10.2 Å². The molecule has 4 aromatic rings. The number of nitrogens with zero attached hydrogens (tertiary/aromatic N) is 3. The molecule has 1 aliphatic rings. The minimum Gasteiger partial charge on any atom is -0.309 e. The van der Waals surface area contributed by atoms with Gasteiger partial charge in [0.2, 0.25) is 0 Å². The van der Waals surface area contributed by atoms with Crippen molar-refractivity contribution in [1.82, 2.24) is 19.9 Å². The average molecular weight is 473 g/mol. The molecule has 0 saturated heterocycles. The van der Waals surface area contributed by atoms with E-state index in [1.165, 1.54) is 6.07 Å². The zero-order valence-corrected chi connectivity index (χ0v) is 19.3. The van der Waals surface area contributed by atoms with E-state index in [1.807, 2.05) is 19.2 Å². The molecule has 5 nitrogen and oxygen atoms in total. The fourth-order valence-electron chi connectivity index (χ4n) is 4.28. The molecule has 0 amide bonds. The van der Waals surface area contributed by atoms with Crippen LogP contribution in [0.3, 0.4) is 0 Å². The molecule has 3 aromatic heterocycles. The van der Waals surface area contributed by atoms with Gasteiger partial charge in [0.15, 0.2) is 11.6 Å². The zero-order chi connectivity index (χ0) is 22.4. The number of rotatable bonds is 5. The highest BCUT2D eigenvalue weighted by Crippen LogP contribution is 2.34. The average Bonchev–Trinajstić information content (AvgIpc) is 3.38. The third-order valence-electron chi connectivity index (χ3n) is 6.09. The van der Waals surface area contributed by atoms with Crippen molar-refractivity contribution in [2.24, 2.45) is 0 Å². The molecule has 0 fully saturated rings. The monoisotopic (exact) mass is 472 g/mol. The van der Waals surface area contributed by atoms with E-state index < -0.39 is 11.6 Å². The number of thiophene rings is 1. The Bertz CT molecular complexity index is 1360. The molecule has 0 saturated carbocycles. The van der Waals surface area contributed by atoms with Crippen LogP contribution in [0.1, 0.15) is 46.1 Å². The first-order valence-electron chi connectivity index (χ1n) is 10.5. The molecule has 2 atom stereocenters. The fourth-order valence-corrected chi connectivity index (χ4v) is 6.24. The van der Waals surface area contributed by atoms with Crippen molar-refractivity contribution in [2.75, 3.05) is 0 Å². The topological polar surface area (TPSA) is 59.8 Å². The third kappa shape index (κ3) is 3.78. The van der Waals surface area contributed by atoms with Gasteiger partial charge in [-0.2, -0.15) is 0 Å². The van der Waals surface area contributed by atoms with Gasteiger partial charge >= 0.3 is 0 Å². The van der Waals surface area contributed by atoms with Gasteiger partial charge in [0.1, 0.15) is 4.83 Å². The van der Waals surface area contributed by atoms with Crippen molar-refractivity contribution < 1.29 is 8.78 Å². The van der Waals surface area contributed by atoms with Crippen molar-refractivity contribution >= 4 is 32.9 Å². The Kier molecular flexibility index (Phi) is 5.65. The molecule has 1 aromatic carbocycles. The Morgan fingerprint density at radius 2 is 2.19 bits per heavy atom. The van der Waals surface area contributed by atoms with Crippen LogP contribution in [0.5, 0.6) is 0 Å². The van der Waals surface area contributed by atoms with Crippen LogP contribution in [0.15, 0.2) is 34.7 Å². The summed E-state index contributed by atoms with van der Waals surface area (Å²) in [5.74, 6) is -1.63. The molecule has 3 heterocycles. The summed E-state index contributed by atoms with van der Waals surface area (Å²) < 4.78 is 29.1. The van der Waals surface area contributed by atoms with Crippen LogP contribution in [-0.2, 0) is 19.4 Å². The third-order valence-corrected chi connectivity index (χ3v) is 8.04. The molecule has 9 heteroatoms. The lowest BCUT2D eigenvalue weighted by Crippen LogP contribution is -2.34. The second-order valence-electron chi connectivity index (χ2n) is 8.14. The summed E-state index contributed by atoms with van der Waals surface area (Å²) in [5.41, 5.74) is 2.24. The van der Waals surface area contributed by atoms with E-state index in [9.17, 15) is 13.6 Å². The largest absolute Gasteiger partial charge is 0.309 e. The molecule has 166 valence electrons. The van der Waals surface area contributed by atoms with Crippen LogP contribution >= 0.6 is 22.7 Å². The quantitative estimate of drug-likeness (QED) is 0.455. The predicted molar refractivity (Wildman–Crippen MR) is 124 cm³/mol. The summed E-state index contributed by atoms with van der Waals surface area (Å²) in [4.78, 5) is 24.4. The minimum absolute atomic E-state index is 0.0288. The van der Waals surface area contributed by atoms with E-state index in [-0.39, 0.29) is 24.2 Å². The number of halogens is 2. The maximum atomic E-state index is 13.9. The summed E-state index contributed by atoms with van der Waals surface area (Å²) in [6.45, 7) is 4.19. The highest BCUT2D eigenvalue weighted by molar-refractivity contribution is 7.18. The summed E-state index contributed by atoms with van der Waals surface area (Å²) in [6, 6.07) is 4.19. The van der Waals surface area contributed by atoms with Crippen LogP contribution in [0, 0.1) is 18.6 Å². The van der Waals surface area contributed by atoms with E-state index >= 15 is 0 Å². The molecule has 32 heavy (non-hydrogen) atoms. The SMILES string of the molecule is Cc1nc([C@@H](C)n2cnc3sc4c(c3c2=O)CC[C@@H](NCc2cccc(F)c2F)C4)cs1. The lowest BCUT2D eigenvalue weighted by Gasteiger charge is -2.23. The molecule has 0 aliphatic heterocycles. The molecule has 1 N–H and O–H groups in total. The van der Waals surface area contributed by atoms with Gasteiger partial charge in [-0.15, -0.1) is 22.7 Å². The number of thiazole rings is 1. The van der Waals surface area contributed by atoms with Crippen LogP contribution in [0.2, 0.25) is 0 Å². The van der Waals surface area contributed by atoms with Crippen molar-refractivity contribution in [3.63, 3.8) is 0 Å². The second kappa shape index (κ2) is 8.46. The zero-order valence-electron chi connectivity index (χ0n) is 17.7. The fraction of sp³-hybridized carbons (Fsp3) is 0.348. The summed E-state index contributed by atoms with van der Waals surface area (Å²) in [6.07, 6.45) is 3.94. The first-order chi connectivity index (χ1) is 15.4. The van der Waals surface area contributed by atoms with E-state index in [2.05, 4.69) is 15.3 Å². The summed E-state index contributed by atoms with van der Waals surface area (Å²) in [7, 11) is 0. The predicted octanol–water partition coefficient (Wildman–Crippen LogP) is 4.76. The van der Waals surface area contributed by atoms with Gasteiger partial charge < -0.3 is 5.32 Å². The summed E-state index contributed by atoms with van der Waals surface area (Å²) in [5, 5.41) is 7.01. The van der Waals surface area contributed by atoms with E-state index in [0.717, 1.165) is 51.3 Å². The number of aryl methyl sites for hydroxylation is 2. The van der Waals surface area contributed by atoms with Crippen molar-refractivity contribution in [1.29, 1.82) is 0 Å². The number of benzene rings is 1. The van der Waals surface area contributed by atoms with Gasteiger partial charge in [0.05, 0.1) is 28.5 Å². The molecule has 1 aliphatic carbocycles. The molecule has 0 bridgehead atoms. The number of aromatic nitrogens is 3. The van der Waals surface area contributed by atoms with Crippen molar-refractivity contribution in [3.8, 4) is 0 Å². The Balaban J connectivity index is 1.39. The first kappa shape index (κ1) is 21.4. The maximum absolute atomic E-state index is 13.9. The van der Waals surface area contributed by atoms with Crippen LogP contribution in [-0.4, -0.2) is 20.6 Å². The minimum atomic E-state index is -0.830. The van der Waals surface area contributed by atoms with Gasteiger partial charge in [-0.3, -0.25) is 9.36 Å². The van der Waals surface area contributed by atoms with Crippen LogP contribution < -0.4 is 10.9 Å². The Morgan fingerprint density at radius 1 is 1.34 bits per heavy atom. The van der Waals surface area contributed by atoms with E-state index in [0.29, 0.717) is 10.9 Å². The standard InChI is InChI=1S/C23H22F2N4OS2/c1-12(18-10-31-13(2)28-18)29-11-27-22-20(23(29)30)16-7-6-15(8-19(16)32-22)26-9-14-4-3-5-17(24)21(14)25/h3-5,10-12,15,26H,6-9H2,1-2H3/t12-,15-/m1/s1. The number of fused-ring (bicyclic) bond motifs is 3. The highest BCUT2D eigenvalue weighted by Gasteiger charge is 2.26. The molecular weight excluding hydrogens is 450 g/mol. The molecule has 5 rings (SSSR count). The van der Waals surface area contributed by atoms with E-state index in [1.54, 1.807) is 39.6 Å². The molecular formula is C23H22F2N4OS2. The smallest absolute Gasteiger partial charge is 0.262 e. The highest BCUT2D eigenvalue weighted by atomic mass is 32.1. The number of nitrogens with one attached hydrogen (secondary N) is 1. The van der Waals surface area contributed by atoms with Gasteiger partial charge in [0, 0.05) is 28.4 Å². The Labute approximate surface area is 191 Å². The van der Waals surface area contributed by atoms with Crippen LogP contribution in [0.4, 0.5) is 8.78 Å². The van der Waals surface area contributed by atoms with Gasteiger partial charge in [0.25, 0.3) is 5.56 Å². The van der Waals surface area contributed by atoms with Crippen molar-refractivity contribution in [2.45, 2.75) is 51.7 Å². The molecule has 0 unspecified atom stereocenters. The Morgan fingerprint density at radius 3 is 2.97 bits per heavy atom. The second-order valence-corrected chi connectivity index (χ2v) is 10.3. The van der Waals surface area contributed by atoms with E-state index in [4.69, 9.17) is 0 Å². The molecule has 0 radical (unpaired) electrons. The van der Waals surface area contributed by atoms with Gasteiger partial charge in [-0.05, 0) is 44.7 Å². The summed E-state index contributed by atoms with van der Waals surface area (Å²) >= 11 is 3.12. The first-order valence-corrected chi connectivity index (χ1v) is 12.2.